The summed E-state index contributed by atoms with van der Waals surface area (Å²) >= 11 is 0. The van der Waals surface area contributed by atoms with Gasteiger partial charge in [-0.1, -0.05) is 86.6 Å². The van der Waals surface area contributed by atoms with E-state index in [4.69, 9.17) is 4.43 Å². The molecule has 0 fully saturated rings. The number of aromatic nitrogens is 3. The van der Waals surface area contributed by atoms with Crippen LogP contribution >= 0.6 is 0 Å². The molecule has 142 valence electrons. The van der Waals surface area contributed by atoms with Crippen molar-refractivity contribution >= 4 is 18.7 Å². The minimum absolute atomic E-state index is 0.0961. The Kier molecular flexibility index (Phi) is 5.60. The van der Waals surface area contributed by atoms with Gasteiger partial charge < -0.3 is 9.53 Å². The average Bonchev–Trinajstić information content (AvgIpc) is 3.03. The first-order chi connectivity index (χ1) is 12.9. The van der Waals surface area contributed by atoms with Crippen molar-refractivity contribution in [3.8, 4) is 0 Å². The van der Waals surface area contributed by atoms with Crippen molar-refractivity contribution < 1.29 is 9.53 Å². The van der Waals surface area contributed by atoms with Gasteiger partial charge in [0.1, 0.15) is 5.69 Å². The molecular weight excluding hydrogens is 354 g/mol. The molecule has 27 heavy (non-hydrogen) atoms. The van der Waals surface area contributed by atoms with Gasteiger partial charge in [0.2, 0.25) is 0 Å². The highest BCUT2D eigenvalue weighted by Crippen LogP contribution is 2.37. The van der Waals surface area contributed by atoms with Crippen molar-refractivity contribution in [1.29, 1.82) is 0 Å². The fourth-order valence-electron chi connectivity index (χ4n) is 3.66. The highest BCUT2D eigenvalue weighted by atomic mass is 28.4. The Hall–Kier alpha value is -2.28. The second-order valence-corrected chi connectivity index (χ2v) is 12.0. The Balaban J connectivity index is 2.13. The van der Waals surface area contributed by atoms with Crippen molar-refractivity contribution in [2.24, 2.45) is 7.05 Å². The van der Waals surface area contributed by atoms with Crippen LogP contribution in [-0.4, -0.2) is 28.4 Å². The van der Waals surface area contributed by atoms with Crippen molar-refractivity contribution in [3.63, 3.8) is 0 Å². The van der Waals surface area contributed by atoms with E-state index in [1.807, 2.05) is 19.2 Å². The first-order valence-corrected chi connectivity index (χ1v) is 11.0. The van der Waals surface area contributed by atoms with Crippen molar-refractivity contribution in [2.75, 3.05) is 0 Å². The second-order valence-electron chi connectivity index (χ2n) is 7.72. The molecule has 0 bridgehead atoms. The Labute approximate surface area is 161 Å². The number of nitrogens with zero attached hydrogens (tertiary/aromatic N) is 3. The maximum atomic E-state index is 9.60. The van der Waals surface area contributed by atoms with E-state index in [9.17, 15) is 5.11 Å². The molecule has 5 nitrogen and oxygen atoms in total. The van der Waals surface area contributed by atoms with E-state index >= 15 is 0 Å². The molecule has 0 spiro atoms. The van der Waals surface area contributed by atoms with Crippen LogP contribution in [0.2, 0.25) is 5.04 Å². The second kappa shape index (κ2) is 7.76. The molecule has 1 aromatic heterocycles. The molecule has 3 aromatic rings. The maximum Gasteiger partial charge on any atom is 0.261 e. The lowest BCUT2D eigenvalue weighted by molar-refractivity contribution is 0.255. The number of aryl methyl sites for hydroxylation is 1. The zero-order valence-electron chi connectivity index (χ0n) is 16.4. The van der Waals surface area contributed by atoms with E-state index < -0.39 is 8.32 Å². The van der Waals surface area contributed by atoms with Gasteiger partial charge in [-0.25, -0.2) is 4.68 Å². The summed E-state index contributed by atoms with van der Waals surface area (Å²) in [5.74, 6) is 0. The predicted molar refractivity (Wildman–Crippen MR) is 109 cm³/mol. The quantitative estimate of drug-likeness (QED) is 0.666. The topological polar surface area (TPSA) is 60.2 Å². The van der Waals surface area contributed by atoms with E-state index in [2.05, 4.69) is 79.6 Å². The van der Waals surface area contributed by atoms with Gasteiger partial charge in [-0.15, -0.1) is 5.10 Å². The highest BCUT2D eigenvalue weighted by Gasteiger charge is 2.50. The molecule has 0 unspecified atom stereocenters. The third-order valence-electron chi connectivity index (χ3n) is 5.02. The Bertz CT molecular complexity index is 834. The normalized spacial score (nSPS) is 12.3. The van der Waals surface area contributed by atoms with Gasteiger partial charge in [0.25, 0.3) is 8.32 Å². The molecule has 6 heteroatoms. The summed E-state index contributed by atoms with van der Waals surface area (Å²) < 4.78 is 8.54. The number of rotatable bonds is 6. The standard InChI is InChI=1S/C21H27N3O2Si/c1-21(2,3)27(17-11-7-5-8-12-17,18-13-9-6-10-14-18)26-16-20-19(15-25)22-23-24(20)4/h5-14,25H,15-16H2,1-4H3. The average molecular weight is 382 g/mol. The van der Waals surface area contributed by atoms with Gasteiger partial charge in [-0.05, 0) is 15.4 Å². The summed E-state index contributed by atoms with van der Waals surface area (Å²) in [5.41, 5.74) is 1.38. The summed E-state index contributed by atoms with van der Waals surface area (Å²) in [4.78, 5) is 0. The smallest absolute Gasteiger partial charge is 0.261 e. The van der Waals surface area contributed by atoms with Crippen LogP contribution in [-0.2, 0) is 24.7 Å². The van der Waals surface area contributed by atoms with Crippen molar-refractivity contribution in [3.05, 3.63) is 72.1 Å². The molecule has 0 saturated heterocycles. The van der Waals surface area contributed by atoms with Gasteiger partial charge in [-0.2, -0.15) is 0 Å². The number of hydrogen-bond donors (Lipinski definition) is 1. The summed E-state index contributed by atoms with van der Waals surface area (Å²) in [6, 6.07) is 21.0. The molecule has 0 atom stereocenters. The first kappa shape index (κ1) is 19.5. The van der Waals surface area contributed by atoms with Crippen molar-refractivity contribution in [2.45, 2.75) is 39.0 Å². The van der Waals surface area contributed by atoms with Crippen LogP contribution in [0.1, 0.15) is 32.2 Å². The van der Waals surface area contributed by atoms with Crippen LogP contribution in [0.4, 0.5) is 0 Å². The molecule has 0 radical (unpaired) electrons. The molecule has 0 aliphatic rings. The molecule has 1 heterocycles. The molecule has 0 aliphatic heterocycles. The molecule has 0 amide bonds. The summed E-state index contributed by atoms with van der Waals surface area (Å²) in [6.45, 7) is 6.94. The highest BCUT2D eigenvalue weighted by molar-refractivity contribution is 6.99. The van der Waals surface area contributed by atoms with Crippen LogP contribution < -0.4 is 10.4 Å². The number of aliphatic hydroxyl groups is 1. The van der Waals surface area contributed by atoms with E-state index in [0.29, 0.717) is 12.3 Å². The van der Waals surface area contributed by atoms with E-state index in [-0.39, 0.29) is 11.6 Å². The number of benzene rings is 2. The molecule has 0 aliphatic carbocycles. The lowest BCUT2D eigenvalue weighted by atomic mass is 10.2. The van der Waals surface area contributed by atoms with Crippen LogP contribution in [0.15, 0.2) is 60.7 Å². The molecule has 0 saturated carbocycles. The van der Waals surface area contributed by atoms with Gasteiger partial charge in [0, 0.05) is 7.05 Å². The Morgan fingerprint density at radius 2 is 1.48 bits per heavy atom. The monoisotopic (exact) mass is 381 g/mol. The fourth-order valence-corrected chi connectivity index (χ4v) is 8.17. The number of hydrogen-bond acceptors (Lipinski definition) is 4. The van der Waals surface area contributed by atoms with Crippen LogP contribution in [0.5, 0.6) is 0 Å². The maximum absolute atomic E-state index is 9.60. The summed E-state index contributed by atoms with van der Waals surface area (Å²) in [7, 11) is -0.785. The van der Waals surface area contributed by atoms with Gasteiger partial charge in [-0.3, -0.25) is 0 Å². The molecule has 1 N–H and O–H groups in total. The molecular formula is C21H27N3O2Si. The van der Waals surface area contributed by atoms with Crippen LogP contribution in [0.25, 0.3) is 0 Å². The third kappa shape index (κ3) is 3.60. The number of aliphatic hydroxyl groups excluding tert-OH is 1. The minimum atomic E-state index is -2.61. The SMILES string of the molecule is Cn1nnc(CO)c1CO[Si](c1ccccc1)(c1ccccc1)C(C)(C)C. The van der Waals surface area contributed by atoms with E-state index in [1.165, 1.54) is 10.4 Å². The minimum Gasteiger partial charge on any atom is -0.401 e. The Morgan fingerprint density at radius 3 is 1.93 bits per heavy atom. The van der Waals surface area contributed by atoms with Gasteiger partial charge >= 0.3 is 0 Å². The van der Waals surface area contributed by atoms with Gasteiger partial charge in [0.05, 0.1) is 18.9 Å². The zero-order valence-corrected chi connectivity index (χ0v) is 17.4. The van der Waals surface area contributed by atoms with Crippen LogP contribution in [0, 0.1) is 0 Å². The lowest BCUT2D eigenvalue weighted by Gasteiger charge is -2.43. The van der Waals surface area contributed by atoms with E-state index in [0.717, 1.165) is 5.69 Å². The fraction of sp³-hybridized carbons (Fsp3) is 0.333. The summed E-state index contributed by atoms with van der Waals surface area (Å²) in [6.07, 6.45) is 0. The van der Waals surface area contributed by atoms with Gasteiger partial charge in [0.15, 0.2) is 0 Å². The lowest BCUT2D eigenvalue weighted by Crippen LogP contribution is -2.66. The van der Waals surface area contributed by atoms with Crippen molar-refractivity contribution in [1.82, 2.24) is 15.0 Å². The molecule has 2 aromatic carbocycles. The van der Waals surface area contributed by atoms with Crippen LogP contribution in [0.3, 0.4) is 0 Å². The zero-order chi connectivity index (χ0) is 19.5. The van der Waals surface area contributed by atoms with E-state index in [1.54, 1.807) is 4.68 Å². The third-order valence-corrected chi connectivity index (χ3v) is 10.00. The predicted octanol–water partition coefficient (Wildman–Crippen LogP) is 2.38. The Morgan fingerprint density at radius 1 is 0.963 bits per heavy atom. The largest absolute Gasteiger partial charge is 0.401 e. The summed E-state index contributed by atoms with van der Waals surface area (Å²) in [5, 5.41) is 20.0. The first-order valence-electron chi connectivity index (χ1n) is 9.13. The molecule has 3 rings (SSSR count).